The zero-order chi connectivity index (χ0) is 20.8. The Labute approximate surface area is 176 Å². The molecule has 0 aliphatic rings. The molecular formula is C20H16ClN3O4S. The molecule has 1 aromatic heterocycles. The van der Waals surface area contributed by atoms with E-state index in [2.05, 4.69) is 20.8 Å². The number of thioether (sulfide) groups is 1. The van der Waals surface area contributed by atoms with Crippen LogP contribution in [0.1, 0.15) is 5.56 Å². The quantitative estimate of drug-likeness (QED) is 0.337. The Balaban J connectivity index is 1.85. The van der Waals surface area contributed by atoms with Gasteiger partial charge in [-0.25, -0.2) is 9.78 Å². The topological polar surface area (TPSA) is 97.2 Å². The highest BCUT2D eigenvalue weighted by Gasteiger charge is 2.14. The third kappa shape index (κ3) is 5.02. The average molecular weight is 430 g/mol. The summed E-state index contributed by atoms with van der Waals surface area (Å²) in [4.78, 5) is 19.3. The largest absolute Gasteiger partial charge is 0.493 e. The maximum absolute atomic E-state index is 11.3. The molecule has 29 heavy (non-hydrogen) atoms. The van der Waals surface area contributed by atoms with E-state index in [1.165, 1.54) is 26.0 Å². The van der Waals surface area contributed by atoms with E-state index in [9.17, 15) is 10.1 Å². The normalized spacial score (nSPS) is 11.2. The number of benzene rings is 2. The van der Waals surface area contributed by atoms with Crippen LogP contribution in [-0.2, 0) is 9.53 Å². The molecule has 0 amide bonds. The van der Waals surface area contributed by atoms with Gasteiger partial charge in [0.1, 0.15) is 6.07 Å². The predicted molar refractivity (Wildman–Crippen MR) is 111 cm³/mol. The fourth-order valence-electron chi connectivity index (χ4n) is 2.47. The number of ether oxygens (including phenoxy) is 3. The van der Waals surface area contributed by atoms with E-state index in [4.69, 9.17) is 21.1 Å². The number of fused-ring (bicyclic) bond motifs is 1. The molecule has 1 heterocycles. The number of nitrogens with zero attached hydrogens (tertiary/aromatic N) is 2. The highest BCUT2D eigenvalue weighted by Crippen LogP contribution is 2.38. The van der Waals surface area contributed by atoms with E-state index in [1.54, 1.807) is 18.2 Å². The molecule has 148 valence electrons. The van der Waals surface area contributed by atoms with Gasteiger partial charge in [0.25, 0.3) is 0 Å². The molecule has 0 bridgehead atoms. The number of para-hydroxylation sites is 2. The lowest BCUT2D eigenvalue weighted by atomic mass is 10.2. The number of aromatic amines is 1. The van der Waals surface area contributed by atoms with Crippen LogP contribution in [0.15, 0.2) is 46.5 Å². The zero-order valence-electron chi connectivity index (χ0n) is 15.6. The van der Waals surface area contributed by atoms with Crippen molar-refractivity contribution in [3.8, 4) is 17.6 Å². The van der Waals surface area contributed by atoms with Crippen molar-refractivity contribution in [2.24, 2.45) is 0 Å². The zero-order valence-corrected chi connectivity index (χ0v) is 17.1. The lowest BCUT2D eigenvalue weighted by Crippen LogP contribution is -2.13. The number of hydrogen-bond donors (Lipinski definition) is 1. The maximum atomic E-state index is 11.3. The standard InChI is InChI=1S/C20H16ClN3O4S/c1-26-17-9-12(8-14(21)19(17)28-11-18(25)27-2)7-13(10-22)29-20-23-15-5-3-4-6-16(15)24-20/h3-9H,11H2,1-2H3,(H,23,24)/b13-7+. The summed E-state index contributed by atoms with van der Waals surface area (Å²) >= 11 is 7.49. The van der Waals surface area contributed by atoms with Gasteiger partial charge in [0.05, 0.1) is 35.2 Å². The number of aromatic nitrogens is 2. The molecule has 0 aliphatic heterocycles. The van der Waals surface area contributed by atoms with Crippen molar-refractivity contribution in [3.63, 3.8) is 0 Å². The Morgan fingerprint density at radius 1 is 1.34 bits per heavy atom. The van der Waals surface area contributed by atoms with E-state index < -0.39 is 5.97 Å². The molecule has 1 N–H and O–H groups in total. The number of carbonyl (C=O) groups is 1. The number of allylic oxidation sites excluding steroid dienone is 1. The molecule has 0 radical (unpaired) electrons. The van der Waals surface area contributed by atoms with Gasteiger partial charge in [-0.2, -0.15) is 5.26 Å². The molecule has 0 spiro atoms. The predicted octanol–water partition coefficient (Wildman–Crippen LogP) is 4.43. The number of carbonyl (C=O) groups excluding carboxylic acids is 1. The van der Waals surface area contributed by atoms with E-state index in [0.29, 0.717) is 21.4 Å². The van der Waals surface area contributed by atoms with Gasteiger partial charge >= 0.3 is 5.97 Å². The smallest absolute Gasteiger partial charge is 0.343 e. The Morgan fingerprint density at radius 3 is 2.83 bits per heavy atom. The van der Waals surface area contributed by atoms with Crippen molar-refractivity contribution in [2.45, 2.75) is 5.16 Å². The molecule has 2 aromatic carbocycles. The third-order valence-corrected chi connectivity index (χ3v) is 4.89. The van der Waals surface area contributed by atoms with Crippen LogP contribution in [0.5, 0.6) is 11.5 Å². The van der Waals surface area contributed by atoms with E-state index >= 15 is 0 Å². The van der Waals surface area contributed by atoms with Crippen molar-refractivity contribution in [1.29, 1.82) is 5.26 Å². The van der Waals surface area contributed by atoms with Crippen LogP contribution in [0.4, 0.5) is 0 Å². The van der Waals surface area contributed by atoms with Crippen LogP contribution < -0.4 is 9.47 Å². The second-order valence-corrected chi connectivity index (χ2v) is 7.12. The number of nitrogens with one attached hydrogen (secondary N) is 1. The fourth-order valence-corrected chi connectivity index (χ4v) is 3.50. The lowest BCUT2D eigenvalue weighted by molar-refractivity contribution is -0.142. The van der Waals surface area contributed by atoms with Gasteiger partial charge in [-0.05, 0) is 47.7 Å². The number of methoxy groups -OCH3 is 2. The third-order valence-electron chi connectivity index (χ3n) is 3.80. The molecule has 0 saturated heterocycles. The molecule has 0 unspecified atom stereocenters. The Morgan fingerprint density at radius 2 is 2.14 bits per heavy atom. The van der Waals surface area contributed by atoms with Crippen molar-refractivity contribution in [2.75, 3.05) is 20.8 Å². The SMILES string of the molecule is COC(=O)COc1c(Cl)cc(/C=C(\C#N)Sc2nc3ccccc3[nH]2)cc1OC. The summed E-state index contributed by atoms with van der Waals surface area (Å²) in [7, 11) is 2.72. The maximum Gasteiger partial charge on any atom is 0.343 e. The molecule has 0 atom stereocenters. The van der Waals surface area contributed by atoms with Gasteiger partial charge in [-0.1, -0.05) is 23.7 Å². The number of esters is 1. The number of H-pyrrole nitrogens is 1. The van der Waals surface area contributed by atoms with Crippen molar-refractivity contribution >= 4 is 46.4 Å². The molecule has 0 saturated carbocycles. The summed E-state index contributed by atoms with van der Waals surface area (Å²) in [6, 6.07) is 13.0. The Bertz CT molecular complexity index is 1090. The summed E-state index contributed by atoms with van der Waals surface area (Å²) in [6.45, 7) is -0.298. The molecule has 3 aromatic rings. The summed E-state index contributed by atoms with van der Waals surface area (Å²) < 4.78 is 15.2. The molecular weight excluding hydrogens is 414 g/mol. The van der Waals surface area contributed by atoms with Crippen LogP contribution in [-0.4, -0.2) is 36.8 Å². The van der Waals surface area contributed by atoms with Crippen LogP contribution >= 0.6 is 23.4 Å². The number of hydrogen-bond acceptors (Lipinski definition) is 7. The first-order valence-electron chi connectivity index (χ1n) is 8.35. The van der Waals surface area contributed by atoms with Gasteiger partial charge in [0, 0.05) is 0 Å². The minimum absolute atomic E-state index is 0.222. The minimum atomic E-state index is -0.541. The highest BCUT2D eigenvalue weighted by molar-refractivity contribution is 8.03. The lowest BCUT2D eigenvalue weighted by Gasteiger charge is -2.12. The van der Waals surface area contributed by atoms with E-state index in [1.807, 2.05) is 24.3 Å². The molecule has 3 rings (SSSR count). The number of halogens is 1. The minimum Gasteiger partial charge on any atom is -0.493 e. The molecule has 0 aliphatic carbocycles. The first-order chi connectivity index (χ1) is 14.0. The second kappa shape index (κ2) is 9.37. The highest BCUT2D eigenvalue weighted by atomic mass is 35.5. The van der Waals surface area contributed by atoms with Crippen LogP contribution in [0.25, 0.3) is 17.1 Å². The first-order valence-corrected chi connectivity index (χ1v) is 9.55. The first kappa shape index (κ1) is 20.6. The van der Waals surface area contributed by atoms with E-state index in [0.717, 1.165) is 11.0 Å². The van der Waals surface area contributed by atoms with Crippen LogP contribution in [0.2, 0.25) is 5.02 Å². The second-order valence-electron chi connectivity index (χ2n) is 5.68. The van der Waals surface area contributed by atoms with Gasteiger partial charge in [0.15, 0.2) is 23.3 Å². The fraction of sp³-hybridized carbons (Fsp3) is 0.150. The summed E-state index contributed by atoms with van der Waals surface area (Å²) in [5.41, 5.74) is 2.35. The molecule has 7 nitrogen and oxygen atoms in total. The Kier molecular flexibility index (Phi) is 6.65. The molecule has 0 fully saturated rings. The van der Waals surface area contributed by atoms with Gasteiger partial charge in [0.2, 0.25) is 0 Å². The van der Waals surface area contributed by atoms with Gasteiger partial charge in [-0.3, -0.25) is 0 Å². The monoisotopic (exact) mass is 429 g/mol. The van der Waals surface area contributed by atoms with Crippen LogP contribution in [0, 0.1) is 11.3 Å². The summed E-state index contributed by atoms with van der Waals surface area (Å²) in [6.07, 6.45) is 1.66. The van der Waals surface area contributed by atoms with Crippen molar-refractivity contribution < 1.29 is 19.0 Å². The number of rotatable bonds is 7. The summed E-state index contributed by atoms with van der Waals surface area (Å²) in [5, 5.41) is 10.4. The van der Waals surface area contributed by atoms with Crippen molar-refractivity contribution in [3.05, 3.63) is 51.9 Å². The summed E-state index contributed by atoms with van der Waals surface area (Å²) in [5.74, 6) is 0.0138. The average Bonchev–Trinajstić information content (AvgIpc) is 3.14. The van der Waals surface area contributed by atoms with Crippen molar-refractivity contribution in [1.82, 2.24) is 9.97 Å². The molecule has 9 heteroatoms. The Hall–Kier alpha value is -3.15. The van der Waals surface area contributed by atoms with Gasteiger partial charge < -0.3 is 19.2 Å². The van der Waals surface area contributed by atoms with Crippen LogP contribution in [0.3, 0.4) is 0 Å². The van der Waals surface area contributed by atoms with Gasteiger partial charge in [-0.15, -0.1) is 0 Å². The number of nitriles is 1. The number of imidazole rings is 1. The van der Waals surface area contributed by atoms with E-state index in [-0.39, 0.29) is 17.4 Å².